The molecule has 3 nitrogen and oxygen atoms in total. The molecule has 0 unspecified atom stereocenters. The second-order valence-corrected chi connectivity index (χ2v) is 7.80. The fourth-order valence-electron chi connectivity index (χ4n) is 2.44. The highest BCUT2D eigenvalue weighted by Crippen LogP contribution is 2.37. The van der Waals surface area contributed by atoms with Crippen molar-refractivity contribution in [2.24, 2.45) is 0 Å². The van der Waals surface area contributed by atoms with Crippen LogP contribution in [0.1, 0.15) is 54.0 Å². The van der Waals surface area contributed by atoms with Crippen molar-refractivity contribution in [3.8, 4) is 5.75 Å². The predicted octanol–water partition coefficient (Wildman–Crippen LogP) is 3.29. The van der Waals surface area contributed by atoms with Gasteiger partial charge in [-0.15, -0.1) is 0 Å². The first-order valence-corrected chi connectivity index (χ1v) is 7.52. The molecule has 0 saturated carbocycles. The highest BCUT2D eigenvalue weighted by molar-refractivity contribution is 6.62. The summed E-state index contributed by atoms with van der Waals surface area (Å²) < 4.78 is 17.7. The van der Waals surface area contributed by atoms with E-state index >= 15 is 0 Å². The van der Waals surface area contributed by atoms with E-state index in [1.165, 1.54) is 0 Å². The fourth-order valence-corrected chi connectivity index (χ4v) is 2.44. The van der Waals surface area contributed by atoms with Gasteiger partial charge >= 0.3 is 7.12 Å². The zero-order valence-electron chi connectivity index (χ0n) is 14.5. The minimum atomic E-state index is -0.331. The Morgan fingerprint density at radius 3 is 1.95 bits per heavy atom. The molecule has 1 aliphatic rings. The van der Waals surface area contributed by atoms with Gasteiger partial charge in [0.1, 0.15) is 5.75 Å². The molecule has 0 amide bonds. The van der Waals surface area contributed by atoms with Crippen LogP contribution in [0.2, 0.25) is 0 Å². The third-order valence-electron chi connectivity index (χ3n) is 4.56. The molecule has 0 aliphatic carbocycles. The normalized spacial score (nSPS) is 20.7. The van der Waals surface area contributed by atoms with Crippen molar-refractivity contribution >= 4 is 12.6 Å². The Kier molecular flexibility index (Phi) is 3.92. The standard InChI is InChI=1S/C17H27BO3/c1-15(2,3)13-11-12(9-10-14(13)19-8)18-20-16(4,5)17(6,7)21-18/h9-11H,1-8H3. The highest BCUT2D eigenvalue weighted by Gasteiger charge is 2.51. The summed E-state index contributed by atoms with van der Waals surface area (Å²) in [5, 5.41) is 0. The maximum atomic E-state index is 6.13. The minimum Gasteiger partial charge on any atom is -0.496 e. The number of methoxy groups -OCH3 is 1. The molecule has 1 saturated heterocycles. The van der Waals surface area contributed by atoms with Gasteiger partial charge in [-0.05, 0) is 50.2 Å². The third kappa shape index (κ3) is 2.97. The SMILES string of the molecule is COc1ccc(B2OC(C)(C)C(C)(C)O2)cc1C(C)(C)C. The highest BCUT2D eigenvalue weighted by atomic mass is 16.7. The smallest absolute Gasteiger partial charge is 0.494 e. The molecule has 1 fully saturated rings. The molecule has 0 spiro atoms. The van der Waals surface area contributed by atoms with E-state index in [-0.39, 0.29) is 23.7 Å². The molecular weight excluding hydrogens is 263 g/mol. The van der Waals surface area contributed by atoms with Gasteiger partial charge in [0.15, 0.2) is 0 Å². The zero-order valence-corrected chi connectivity index (χ0v) is 14.5. The number of rotatable bonds is 2. The third-order valence-corrected chi connectivity index (χ3v) is 4.56. The first-order valence-electron chi connectivity index (χ1n) is 7.52. The van der Waals surface area contributed by atoms with Crippen molar-refractivity contribution in [2.75, 3.05) is 7.11 Å². The first kappa shape index (κ1) is 16.4. The average molecular weight is 290 g/mol. The van der Waals surface area contributed by atoms with Crippen LogP contribution >= 0.6 is 0 Å². The van der Waals surface area contributed by atoms with Crippen LogP contribution in [0.5, 0.6) is 5.75 Å². The summed E-state index contributed by atoms with van der Waals surface area (Å²) in [7, 11) is 1.38. The van der Waals surface area contributed by atoms with Crippen molar-refractivity contribution < 1.29 is 14.0 Å². The lowest BCUT2D eigenvalue weighted by molar-refractivity contribution is 0.00578. The molecule has 116 valence electrons. The lowest BCUT2D eigenvalue weighted by Crippen LogP contribution is -2.41. The van der Waals surface area contributed by atoms with Crippen LogP contribution in [0, 0.1) is 0 Å². The summed E-state index contributed by atoms with van der Waals surface area (Å²) in [4.78, 5) is 0. The lowest BCUT2D eigenvalue weighted by atomic mass is 9.75. The Morgan fingerprint density at radius 2 is 1.52 bits per heavy atom. The molecule has 1 aromatic rings. The molecule has 0 aromatic heterocycles. The Balaban J connectivity index is 2.39. The van der Waals surface area contributed by atoms with Crippen LogP contribution < -0.4 is 10.2 Å². The van der Waals surface area contributed by atoms with E-state index in [2.05, 4.69) is 54.5 Å². The number of benzene rings is 1. The van der Waals surface area contributed by atoms with Gasteiger partial charge in [-0.1, -0.05) is 32.9 Å². The Morgan fingerprint density at radius 1 is 1.00 bits per heavy atom. The topological polar surface area (TPSA) is 27.7 Å². The van der Waals surface area contributed by atoms with E-state index in [0.29, 0.717) is 0 Å². The van der Waals surface area contributed by atoms with Gasteiger partial charge in [0.05, 0.1) is 18.3 Å². The molecule has 4 heteroatoms. The summed E-state index contributed by atoms with van der Waals surface area (Å²) in [6, 6.07) is 6.16. The summed E-state index contributed by atoms with van der Waals surface area (Å²) in [5.41, 5.74) is 1.57. The Bertz CT molecular complexity index is 513. The molecule has 0 atom stereocenters. The fraction of sp³-hybridized carbons (Fsp3) is 0.647. The van der Waals surface area contributed by atoms with Crippen LogP contribution in [0.15, 0.2) is 18.2 Å². The first-order chi connectivity index (χ1) is 9.48. The maximum Gasteiger partial charge on any atom is 0.494 e. The predicted molar refractivity (Wildman–Crippen MR) is 87.4 cm³/mol. The number of ether oxygens (including phenoxy) is 1. The van der Waals surface area contributed by atoms with Gasteiger partial charge in [-0.25, -0.2) is 0 Å². The van der Waals surface area contributed by atoms with Crippen LogP contribution in [0.3, 0.4) is 0 Å². The van der Waals surface area contributed by atoms with Crippen LogP contribution in [-0.2, 0) is 14.7 Å². The number of hydrogen-bond acceptors (Lipinski definition) is 3. The molecule has 1 aliphatic heterocycles. The molecule has 1 aromatic carbocycles. The molecule has 0 radical (unpaired) electrons. The van der Waals surface area contributed by atoms with Gasteiger partial charge in [0.2, 0.25) is 0 Å². The van der Waals surface area contributed by atoms with Crippen molar-refractivity contribution in [3.05, 3.63) is 23.8 Å². The van der Waals surface area contributed by atoms with E-state index in [9.17, 15) is 0 Å². The van der Waals surface area contributed by atoms with Crippen LogP contribution in [0.4, 0.5) is 0 Å². The van der Waals surface area contributed by atoms with E-state index in [0.717, 1.165) is 16.8 Å². The minimum absolute atomic E-state index is 0.00495. The molecule has 21 heavy (non-hydrogen) atoms. The van der Waals surface area contributed by atoms with Gasteiger partial charge in [0, 0.05) is 0 Å². The van der Waals surface area contributed by atoms with E-state index < -0.39 is 0 Å². The quantitative estimate of drug-likeness (QED) is 0.782. The average Bonchev–Trinajstić information content (AvgIpc) is 2.56. The second-order valence-electron chi connectivity index (χ2n) is 7.80. The molecule has 2 rings (SSSR count). The van der Waals surface area contributed by atoms with Crippen molar-refractivity contribution in [1.82, 2.24) is 0 Å². The van der Waals surface area contributed by atoms with E-state index in [1.807, 2.05) is 12.1 Å². The zero-order chi connectivity index (χ0) is 16.1. The lowest BCUT2D eigenvalue weighted by Gasteiger charge is -2.32. The van der Waals surface area contributed by atoms with E-state index in [4.69, 9.17) is 14.0 Å². The molecule has 1 heterocycles. The Labute approximate surface area is 129 Å². The van der Waals surface area contributed by atoms with Gasteiger partial charge in [-0.3, -0.25) is 0 Å². The van der Waals surface area contributed by atoms with Gasteiger partial charge in [-0.2, -0.15) is 0 Å². The summed E-state index contributed by atoms with van der Waals surface area (Å²) >= 11 is 0. The van der Waals surface area contributed by atoms with Crippen LogP contribution in [0.25, 0.3) is 0 Å². The van der Waals surface area contributed by atoms with Crippen molar-refractivity contribution in [2.45, 2.75) is 65.1 Å². The number of hydrogen-bond donors (Lipinski definition) is 0. The van der Waals surface area contributed by atoms with Gasteiger partial charge < -0.3 is 14.0 Å². The monoisotopic (exact) mass is 290 g/mol. The molecule has 0 bridgehead atoms. The second kappa shape index (κ2) is 5.03. The molecular formula is C17H27BO3. The van der Waals surface area contributed by atoms with Crippen LogP contribution in [-0.4, -0.2) is 25.4 Å². The summed E-state index contributed by atoms with van der Waals surface area (Å²) in [6.45, 7) is 14.8. The summed E-state index contributed by atoms with van der Waals surface area (Å²) in [5.74, 6) is 0.905. The summed E-state index contributed by atoms with van der Waals surface area (Å²) in [6.07, 6.45) is 0. The van der Waals surface area contributed by atoms with Crippen molar-refractivity contribution in [1.29, 1.82) is 0 Å². The van der Waals surface area contributed by atoms with Crippen molar-refractivity contribution in [3.63, 3.8) is 0 Å². The van der Waals surface area contributed by atoms with E-state index in [1.54, 1.807) is 7.11 Å². The Hall–Kier alpha value is -0.995. The maximum absolute atomic E-state index is 6.13. The van der Waals surface area contributed by atoms with Gasteiger partial charge in [0.25, 0.3) is 0 Å². The largest absolute Gasteiger partial charge is 0.496 e. The molecule has 0 N–H and O–H groups in total.